The monoisotopic (exact) mass is 414 g/mol. The van der Waals surface area contributed by atoms with Crippen molar-refractivity contribution >= 4 is 28.7 Å². The average Bonchev–Trinajstić information content (AvgIpc) is 3.51. The fourth-order valence-corrected chi connectivity index (χ4v) is 4.29. The first-order chi connectivity index (χ1) is 14.0. The topological polar surface area (TPSA) is 100 Å². The highest BCUT2D eigenvalue weighted by Crippen LogP contribution is 2.39. The number of fused-ring (bicyclic) bond motifs is 1. The lowest BCUT2D eigenvalue weighted by molar-refractivity contribution is -0.0639. The van der Waals surface area contributed by atoms with E-state index in [0.29, 0.717) is 35.3 Å². The van der Waals surface area contributed by atoms with Gasteiger partial charge >= 0.3 is 6.09 Å². The highest BCUT2D eigenvalue weighted by molar-refractivity contribution is 6.31. The van der Waals surface area contributed by atoms with Crippen molar-refractivity contribution in [2.24, 2.45) is 5.92 Å². The van der Waals surface area contributed by atoms with Crippen LogP contribution in [0.2, 0.25) is 5.15 Å². The third-order valence-corrected chi connectivity index (χ3v) is 5.99. The molecule has 3 heterocycles. The van der Waals surface area contributed by atoms with Crippen LogP contribution < -0.4 is 5.56 Å². The largest absolute Gasteiger partial charge is 0.465 e. The molecule has 2 aromatic heterocycles. The number of carbonyl (C=O) groups is 1. The standard InChI is InChI=1S/C20H19ClN4O4/c21-17-7-14-18(22-10-23-19(14)26)25(17)13-5-3-11(4-6-13)15-9-29-16(12-1-2-12)8-24(15)20(27)28/h3-7,10,12,15-16H,1-2,8-9H2,(H,27,28)(H,22,23,26)/t15-,16+/m0/s1. The van der Waals surface area contributed by atoms with Crippen LogP contribution in [0.5, 0.6) is 0 Å². The number of nitrogens with zero attached hydrogens (tertiary/aromatic N) is 3. The number of benzene rings is 1. The molecule has 2 N–H and O–H groups in total. The Morgan fingerprint density at radius 3 is 2.72 bits per heavy atom. The van der Waals surface area contributed by atoms with E-state index in [1.807, 2.05) is 24.3 Å². The molecule has 1 aliphatic carbocycles. The highest BCUT2D eigenvalue weighted by Gasteiger charge is 2.40. The number of hydrogen-bond acceptors (Lipinski definition) is 4. The minimum Gasteiger partial charge on any atom is -0.465 e. The van der Waals surface area contributed by atoms with Gasteiger partial charge in [0.15, 0.2) is 5.65 Å². The van der Waals surface area contributed by atoms with Crippen molar-refractivity contribution in [1.29, 1.82) is 0 Å². The number of aromatic nitrogens is 3. The molecule has 1 saturated carbocycles. The van der Waals surface area contributed by atoms with Crippen LogP contribution in [0.25, 0.3) is 16.7 Å². The van der Waals surface area contributed by atoms with E-state index in [2.05, 4.69) is 9.97 Å². The van der Waals surface area contributed by atoms with Crippen molar-refractivity contribution in [1.82, 2.24) is 19.4 Å². The fourth-order valence-electron chi connectivity index (χ4n) is 4.00. The Labute approximate surface area is 170 Å². The van der Waals surface area contributed by atoms with Gasteiger partial charge in [0, 0.05) is 5.69 Å². The highest BCUT2D eigenvalue weighted by atomic mass is 35.5. The molecule has 1 amide bonds. The van der Waals surface area contributed by atoms with Gasteiger partial charge in [-0.3, -0.25) is 14.3 Å². The molecular formula is C20H19ClN4O4. The summed E-state index contributed by atoms with van der Waals surface area (Å²) >= 11 is 6.34. The predicted octanol–water partition coefficient (Wildman–Crippen LogP) is 3.20. The zero-order valence-corrected chi connectivity index (χ0v) is 16.2. The molecule has 9 heteroatoms. The number of amides is 1. The van der Waals surface area contributed by atoms with Crippen LogP contribution >= 0.6 is 11.6 Å². The van der Waals surface area contributed by atoms with Crippen LogP contribution in [-0.4, -0.2) is 49.9 Å². The van der Waals surface area contributed by atoms with E-state index < -0.39 is 6.09 Å². The number of rotatable bonds is 3. The van der Waals surface area contributed by atoms with Gasteiger partial charge in [-0.15, -0.1) is 0 Å². The molecule has 1 aromatic carbocycles. The lowest BCUT2D eigenvalue weighted by atomic mass is 10.0. The van der Waals surface area contributed by atoms with Crippen molar-refractivity contribution in [3.8, 4) is 5.69 Å². The molecule has 1 saturated heterocycles. The number of morpholine rings is 1. The van der Waals surface area contributed by atoms with Gasteiger partial charge in [-0.2, -0.15) is 0 Å². The van der Waals surface area contributed by atoms with Crippen molar-refractivity contribution in [3.63, 3.8) is 0 Å². The molecule has 0 spiro atoms. The maximum atomic E-state index is 12.0. The molecule has 5 rings (SSSR count). The molecule has 0 unspecified atom stereocenters. The van der Waals surface area contributed by atoms with Gasteiger partial charge in [0.1, 0.15) is 5.15 Å². The maximum Gasteiger partial charge on any atom is 0.407 e. The van der Waals surface area contributed by atoms with E-state index in [1.54, 1.807) is 10.6 Å². The lowest BCUT2D eigenvalue weighted by Crippen LogP contribution is -2.47. The predicted molar refractivity (Wildman–Crippen MR) is 107 cm³/mol. The van der Waals surface area contributed by atoms with Gasteiger partial charge in [-0.1, -0.05) is 23.7 Å². The Hall–Kier alpha value is -2.84. The number of hydrogen-bond donors (Lipinski definition) is 2. The van der Waals surface area contributed by atoms with Crippen LogP contribution in [-0.2, 0) is 4.74 Å². The second kappa shape index (κ2) is 6.89. The molecule has 8 nitrogen and oxygen atoms in total. The first-order valence-corrected chi connectivity index (χ1v) is 9.87. The number of aromatic amines is 1. The zero-order chi connectivity index (χ0) is 20.1. The van der Waals surface area contributed by atoms with Crippen LogP contribution in [0, 0.1) is 5.92 Å². The smallest absolute Gasteiger partial charge is 0.407 e. The van der Waals surface area contributed by atoms with Crippen molar-refractivity contribution in [2.75, 3.05) is 13.2 Å². The van der Waals surface area contributed by atoms with E-state index in [-0.39, 0.29) is 17.7 Å². The summed E-state index contributed by atoms with van der Waals surface area (Å²) in [5.74, 6) is 0.486. The van der Waals surface area contributed by atoms with Crippen LogP contribution in [0.4, 0.5) is 4.79 Å². The van der Waals surface area contributed by atoms with E-state index in [4.69, 9.17) is 16.3 Å². The Bertz CT molecular complexity index is 1140. The Balaban J connectivity index is 1.46. The number of carboxylic acid groups (broad SMARTS) is 1. The Morgan fingerprint density at radius 2 is 2.03 bits per heavy atom. The molecule has 1 aliphatic heterocycles. The quantitative estimate of drug-likeness (QED) is 0.685. The number of halogens is 1. The molecular weight excluding hydrogens is 396 g/mol. The summed E-state index contributed by atoms with van der Waals surface area (Å²) < 4.78 is 7.65. The van der Waals surface area contributed by atoms with E-state index >= 15 is 0 Å². The van der Waals surface area contributed by atoms with Crippen LogP contribution in [0.3, 0.4) is 0 Å². The maximum absolute atomic E-state index is 12.0. The number of nitrogens with one attached hydrogen (secondary N) is 1. The van der Waals surface area contributed by atoms with Gasteiger partial charge < -0.3 is 14.8 Å². The van der Waals surface area contributed by atoms with Gasteiger partial charge in [0.05, 0.1) is 37.0 Å². The van der Waals surface area contributed by atoms with E-state index in [1.165, 1.54) is 11.2 Å². The molecule has 2 atom stereocenters. The summed E-state index contributed by atoms with van der Waals surface area (Å²) in [6, 6.07) is 8.65. The summed E-state index contributed by atoms with van der Waals surface area (Å²) in [6.07, 6.45) is 2.62. The molecule has 3 aromatic rings. The Kier molecular flexibility index (Phi) is 4.33. The molecule has 2 aliphatic rings. The van der Waals surface area contributed by atoms with Gasteiger partial charge in [-0.05, 0) is 42.5 Å². The zero-order valence-electron chi connectivity index (χ0n) is 15.4. The molecule has 0 bridgehead atoms. The summed E-state index contributed by atoms with van der Waals surface area (Å²) in [7, 11) is 0. The molecule has 29 heavy (non-hydrogen) atoms. The minimum atomic E-state index is -0.934. The van der Waals surface area contributed by atoms with Crippen LogP contribution in [0.15, 0.2) is 41.5 Å². The second-order valence-electron chi connectivity index (χ2n) is 7.52. The van der Waals surface area contributed by atoms with Crippen LogP contribution in [0.1, 0.15) is 24.4 Å². The SMILES string of the molecule is O=C(O)N1C[C@H](C2CC2)OC[C@H]1c1ccc(-n2c(Cl)cc3c(=O)[nH]cnc32)cc1. The van der Waals surface area contributed by atoms with Gasteiger partial charge in [0.25, 0.3) is 5.56 Å². The molecule has 150 valence electrons. The summed E-state index contributed by atoms with van der Waals surface area (Å²) in [5.41, 5.74) is 1.80. The molecule has 2 fully saturated rings. The number of ether oxygens (including phenoxy) is 1. The second-order valence-corrected chi connectivity index (χ2v) is 7.91. The normalized spacial score (nSPS) is 22.2. The number of H-pyrrole nitrogens is 1. The van der Waals surface area contributed by atoms with E-state index in [0.717, 1.165) is 24.1 Å². The van der Waals surface area contributed by atoms with Crippen molar-refractivity contribution < 1.29 is 14.6 Å². The first kappa shape index (κ1) is 18.2. The van der Waals surface area contributed by atoms with E-state index in [9.17, 15) is 14.7 Å². The minimum absolute atomic E-state index is 0.00386. The fraction of sp³-hybridized carbons (Fsp3) is 0.350. The van der Waals surface area contributed by atoms with Gasteiger partial charge in [-0.25, -0.2) is 9.78 Å². The van der Waals surface area contributed by atoms with Crippen molar-refractivity contribution in [3.05, 3.63) is 57.7 Å². The Morgan fingerprint density at radius 1 is 1.28 bits per heavy atom. The third-order valence-electron chi connectivity index (χ3n) is 5.71. The van der Waals surface area contributed by atoms with Crippen molar-refractivity contribution in [2.45, 2.75) is 25.0 Å². The third kappa shape index (κ3) is 3.18. The first-order valence-electron chi connectivity index (χ1n) is 9.49. The summed E-state index contributed by atoms with van der Waals surface area (Å²) in [5, 5.41) is 10.5. The lowest BCUT2D eigenvalue weighted by Gasteiger charge is -2.38. The average molecular weight is 415 g/mol. The summed E-state index contributed by atoms with van der Waals surface area (Å²) in [4.78, 5) is 32.0. The summed E-state index contributed by atoms with van der Waals surface area (Å²) in [6.45, 7) is 0.740. The van der Waals surface area contributed by atoms with Gasteiger partial charge in [0.2, 0.25) is 0 Å². The molecule has 0 radical (unpaired) electrons.